The summed E-state index contributed by atoms with van der Waals surface area (Å²) < 4.78 is 77.4. The van der Waals surface area contributed by atoms with Gasteiger partial charge < -0.3 is 24.4 Å². The molecule has 2 aliphatic heterocycles. The molecule has 1 aromatic carbocycles. The number of carbonyl (C=O) groups is 1. The number of benzene rings is 1. The summed E-state index contributed by atoms with van der Waals surface area (Å²) in [5, 5.41) is 22.8. The van der Waals surface area contributed by atoms with Crippen molar-refractivity contribution in [3.63, 3.8) is 0 Å². The summed E-state index contributed by atoms with van der Waals surface area (Å²) in [5.74, 6) is -4.08. The average molecular weight is 506 g/mol. The number of ether oxygens (including phenoxy) is 1. The second-order valence-electron chi connectivity index (χ2n) is 8.67. The number of nitrogens with zero attached hydrogens (tertiary/aromatic N) is 4. The van der Waals surface area contributed by atoms with Crippen LogP contribution in [0.2, 0.25) is 0 Å². The van der Waals surface area contributed by atoms with Gasteiger partial charge in [-0.15, -0.1) is 0 Å². The highest BCUT2D eigenvalue weighted by molar-refractivity contribution is 5.65. The van der Waals surface area contributed by atoms with Crippen molar-refractivity contribution in [3.8, 4) is 5.75 Å². The fourth-order valence-electron chi connectivity index (χ4n) is 4.28. The van der Waals surface area contributed by atoms with Gasteiger partial charge >= 0.3 is 12.3 Å². The van der Waals surface area contributed by atoms with E-state index >= 15 is 0 Å². The molecular formula is C21H23F5N4O5. The number of piperidine rings is 2. The maximum Gasteiger partial charge on any atom is 0.455 e. The molecule has 1 aromatic heterocycles. The van der Waals surface area contributed by atoms with Crippen LogP contribution in [-0.2, 0) is 18.3 Å². The molecule has 9 nitrogen and oxygen atoms in total. The Balaban J connectivity index is 1.34. The predicted octanol–water partition coefficient (Wildman–Crippen LogP) is 3.37. The van der Waals surface area contributed by atoms with Crippen molar-refractivity contribution in [2.75, 3.05) is 26.2 Å². The number of alkyl halides is 3. The summed E-state index contributed by atoms with van der Waals surface area (Å²) in [6.45, 7) is 0.816. The minimum absolute atomic E-state index is 0.00134. The molecule has 0 saturated carbocycles. The van der Waals surface area contributed by atoms with Gasteiger partial charge in [-0.1, -0.05) is 5.16 Å². The first-order valence-corrected chi connectivity index (χ1v) is 10.9. The summed E-state index contributed by atoms with van der Waals surface area (Å²) in [4.78, 5) is 17.3. The number of hydrogen-bond donors (Lipinski definition) is 2. The topological polar surface area (TPSA) is 112 Å². The number of aliphatic hydroxyl groups is 1. The van der Waals surface area contributed by atoms with Gasteiger partial charge in [0, 0.05) is 26.2 Å². The molecule has 2 fully saturated rings. The summed E-state index contributed by atoms with van der Waals surface area (Å²) in [6.07, 6.45) is -5.63. The van der Waals surface area contributed by atoms with Crippen molar-refractivity contribution >= 4 is 6.09 Å². The van der Waals surface area contributed by atoms with E-state index in [0.29, 0.717) is 25.9 Å². The average Bonchev–Trinajstić information content (AvgIpc) is 3.27. The zero-order chi connectivity index (χ0) is 25.4. The number of carboxylic acid groups (broad SMARTS) is 1. The highest BCUT2D eigenvalue weighted by atomic mass is 19.4. The lowest BCUT2D eigenvalue weighted by Gasteiger charge is -2.37. The van der Waals surface area contributed by atoms with Crippen molar-refractivity contribution in [2.45, 2.75) is 50.1 Å². The van der Waals surface area contributed by atoms with Gasteiger partial charge in [-0.25, -0.2) is 13.6 Å². The zero-order valence-corrected chi connectivity index (χ0v) is 18.4. The van der Waals surface area contributed by atoms with Crippen LogP contribution in [0.3, 0.4) is 0 Å². The molecule has 4 rings (SSSR count). The fraction of sp³-hybridized carbons (Fsp3) is 0.571. The van der Waals surface area contributed by atoms with Crippen LogP contribution in [0.4, 0.5) is 26.7 Å². The maximum absolute atomic E-state index is 14.7. The molecule has 35 heavy (non-hydrogen) atoms. The minimum atomic E-state index is -4.70. The van der Waals surface area contributed by atoms with E-state index in [2.05, 4.69) is 14.7 Å². The van der Waals surface area contributed by atoms with Gasteiger partial charge in [-0.2, -0.15) is 18.2 Å². The third-order valence-electron chi connectivity index (χ3n) is 6.30. The van der Waals surface area contributed by atoms with Crippen molar-refractivity contribution in [1.29, 1.82) is 0 Å². The van der Waals surface area contributed by atoms with E-state index in [1.807, 2.05) is 0 Å². The first-order valence-electron chi connectivity index (χ1n) is 10.9. The fourth-order valence-corrected chi connectivity index (χ4v) is 4.28. The molecule has 2 aromatic rings. The summed E-state index contributed by atoms with van der Waals surface area (Å²) in [6, 6.07) is 2.00. The van der Waals surface area contributed by atoms with E-state index in [4.69, 9.17) is 9.84 Å². The molecule has 0 atom stereocenters. The SMILES string of the molecule is O=C(O)N1CCC(O)(c2cc(F)c(OC3CCN(Cc4nc(C(F)(F)F)no4)CC3)c(F)c2)CC1. The molecule has 0 aliphatic carbocycles. The Bertz CT molecular complexity index is 1040. The smallest absolute Gasteiger partial charge is 0.455 e. The second kappa shape index (κ2) is 9.57. The van der Waals surface area contributed by atoms with Gasteiger partial charge in [0.15, 0.2) is 17.4 Å². The van der Waals surface area contributed by atoms with E-state index in [0.717, 1.165) is 17.0 Å². The van der Waals surface area contributed by atoms with Gasteiger partial charge in [0.2, 0.25) is 5.89 Å². The summed E-state index contributed by atoms with van der Waals surface area (Å²) in [5.41, 5.74) is -1.55. The first-order chi connectivity index (χ1) is 16.4. The first kappa shape index (κ1) is 25.1. The Kier molecular flexibility index (Phi) is 6.86. The van der Waals surface area contributed by atoms with Crippen molar-refractivity contribution in [2.24, 2.45) is 0 Å². The van der Waals surface area contributed by atoms with Gasteiger partial charge in [-0.3, -0.25) is 4.90 Å². The molecule has 1 amide bonds. The largest absolute Gasteiger partial charge is 0.484 e. The van der Waals surface area contributed by atoms with Gasteiger partial charge in [0.1, 0.15) is 6.10 Å². The Morgan fingerprint density at radius 3 is 2.26 bits per heavy atom. The Morgan fingerprint density at radius 1 is 1.14 bits per heavy atom. The highest BCUT2D eigenvalue weighted by Crippen LogP contribution is 2.37. The van der Waals surface area contributed by atoms with Gasteiger partial charge in [0.25, 0.3) is 5.82 Å². The molecule has 14 heteroatoms. The molecule has 0 radical (unpaired) electrons. The standard InChI is InChI=1S/C21H23F5N4O5/c22-14-9-12(20(33)3-7-30(8-4-20)19(31)32)10-15(23)17(14)34-13-1-5-29(6-2-13)11-16-27-18(28-35-16)21(24,25)26/h9-10,13,33H,1-8,11H2,(H,31,32). The van der Waals surface area contributed by atoms with Crippen LogP contribution >= 0.6 is 0 Å². The quantitative estimate of drug-likeness (QED) is 0.594. The third kappa shape index (κ3) is 5.64. The van der Waals surface area contributed by atoms with Crippen LogP contribution in [0, 0.1) is 11.6 Å². The number of halogens is 5. The Morgan fingerprint density at radius 2 is 1.74 bits per heavy atom. The van der Waals surface area contributed by atoms with Gasteiger partial charge in [-0.05, 0) is 43.4 Å². The van der Waals surface area contributed by atoms with Crippen LogP contribution < -0.4 is 4.74 Å². The predicted molar refractivity (Wildman–Crippen MR) is 107 cm³/mol. The van der Waals surface area contributed by atoms with Crippen LogP contribution in [0.25, 0.3) is 0 Å². The molecule has 2 N–H and O–H groups in total. The summed E-state index contributed by atoms with van der Waals surface area (Å²) >= 11 is 0. The Labute approximate surface area is 196 Å². The van der Waals surface area contributed by atoms with E-state index < -0.39 is 47.2 Å². The van der Waals surface area contributed by atoms with E-state index in [1.54, 1.807) is 4.90 Å². The number of likely N-dealkylation sites (tertiary alicyclic amines) is 2. The zero-order valence-electron chi connectivity index (χ0n) is 18.4. The number of aromatic nitrogens is 2. The van der Waals surface area contributed by atoms with Crippen molar-refractivity contribution in [3.05, 3.63) is 41.0 Å². The van der Waals surface area contributed by atoms with Crippen LogP contribution in [0.5, 0.6) is 5.75 Å². The van der Waals surface area contributed by atoms with E-state index in [9.17, 15) is 31.9 Å². The lowest BCUT2D eigenvalue weighted by molar-refractivity contribution is -0.146. The number of amides is 1. The molecule has 3 heterocycles. The Hall–Kier alpha value is -3.00. The van der Waals surface area contributed by atoms with E-state index in [-0.39, 0.29) is 43.9 Å². The third-order valence-corrected chi connectivity index (χ3v) is 6.30. The van der Waals surface area contributed by atoms with Crippen LogP contribution in [0.1, 0.15) is 43.0 Å². The molecule has 0 unspecified atom stereocenters. The van der Waals surface area contributed by atoms with Crippen molar-refractivity contribution in [1.82, 2.24) is 19.9 Å². The van der Waals surface area contributed by atoms with Crippen LogP contribution in [0.15, 0.2) is 16.7 Å². The molecular weight excluding hydrogens is 483 g/mol. The lowest BCUT2D eigenvalue weighted by Crippen LogP contribution is -2.44. The van der Waals surface area contributed by atoms with Crippen LogP contribution in [-0.4, -0.2) is 68.5 Å². The maximum atomic E-state index is 14.7. The number of hydrogen-bond acceptors (Lipinski definition) is 7. The minimum Gasteiger partial charge on any atom is -0.484 e. The molecule has 2 saturated heterocycles. The number of rotatable bonds is 5. The molecule has 2 aliphatic rings. The second-order valence-corrected chi connectivity index (χ2v) is 8.67. The normalized spacial score (nSPS) is 19.7. The lowest BCUT2D eigenvalue weighted by atomic mass is 9.84. The van der Waals surface area contributed by atoms with E-state index in [1.165, 1.54) is 0 Å². The molecule has 0 bridgehead atoms. The monoisotopic (exact) mass is 506 g/mol. The highest BCUT2D eigenvalue weighted by Gasteiger charge is 2.38. The van der Waals surface area contributed by atoms with Crippen molar-refractivity contribution < 1.29 is 46.2 Å². The molecule has 0 spiro atoms. The molecule has 192 valence electrons. The van der Waals surface area contributed by atoms with Gasteiger partial charge in [0.05, 0.1) is 12.1 Å². The summed E-state index contributed by atoms with van der Waals surface area (Å²) in [7, 11) is 0.